The molecule has 2 heterocycles. The van der Waals surface area contributed by atoms with E-state index in [9.17, 15) is 43.4 Å². The number of phenols is 2. The molecule has 0 fully saturated rings. The summed E-state index contributed by atoms with van der Waals surface area (Å²) in [5.41, 5.74) is 10.7. The second-order valence-electron chi connectivity index (χ2n) is 17.6. The van der Waals surface area contributed by atoms with Gasteiger partial charge in [0.05, 0.1) is 40.6 Å². The molecule has 0 aromatic heterocycles. The number of phenolic OH excluding ortho intramolecular Hbond substituents is 2. The van der Waals surface area contributed by atoms with Crippen molar-refractivity contribution < 1.29 is 90.4 Å². The zero-order valence-corrected chi connectivity index (χ0v) is 46.8. The van der Waals surface area contributed by atoms with Crippen molar-refractivity contribution in [1.29, 1.82) is 0 Å². The minimum atomic E-state index is -3.95. The van der Waals surface area contributed by atoms with Crippen LogP contribution in [-0.4, -0.2) is 104 Å². The van der Waals surface area contributed by atoms with Gasteiger partial charge in [0.1, 0.15) is 77.3 Å². The van der Waals surface area contributed by atoms with Crippen molar-refractivity contribution in [2.75, 3.05) is 53.3 Å². The van der Waals surface area contributed by atoms with Crippen LogP contribution in [0.3, 0.4) is 0 Å². The summed E-state index contributed by atoms with van der Waals surface area (Å²) in [7, 11) is -4.61. The Hall–Kier alpha value is -6.70. The maximum absolute atomic E-state index is 13.6. The van der Waals surface area contributed by atoms with Gasteiger partial charge < -0.3 is 67.8 Å². The Balaban J connectivity index is 0.000000360. The highest BCUT2D eigenvalue weighted by Gasteiger charge is 2.34. The third kappa shape index (κ3) is 18.5. The number of allylic oxidation sites excluding steroid dienone is 2. The minimum absolute atomic E-state index is 0. The lowest BCUT2D eigenvalue weighted by Gasteiger charge is -2.23. The topological polar surface area (TPSA) is 293 Å². The van der Waals surface area contributed by atoms with Crippen LogP contribution in [-0.2, 0) is 73.2 Å². The lowest BCUT2D eigenvalue weighted by molar-refractivity contribution is -0.145. The Morgan fingerprint density at radius 1 is 0.705 bits per heavy atom. The molecule has 2 aliphatic rings. The summed E-state index contributed by atoms with van der Waals surface area (Å²) in [4.78, 5) is 56.5. The third-order valence-electron chi connectivity index (χ3n) is 11.5. The van der Waals surface area contributed by atoms with Gasteiger partial charge in [0, 0.05) is 22.3 Å². The standard InChI is InChI=1S/C27H34NO9P.C22H25O8P.C5H11NO2.CH4/c1-6-35-26(30)19(4)28-38(32,37-20-10-8-7-9-11-20)16-34-14-17(2)12-13-21-24(29)23-22(15-36-27(23)31)18(3)25(21)33-5;1-14(11-28-13-31(25,26)30-16-7-5-4-6-8-16)9-10-17-20(23)19-18(12-29-22(19)24)15(2)21(17)27-3;1-3-8-5(7)4(2)6;/h7-12,19,29H,6,13-16H2,1-5H3,(H,28,32);4-9,23H,10-13H2,1-3H3,(H,25,26);4H,3,6H2,1-2H3;1H4/b17-12+;14-9+;;/t19-,38?;;4-;/m0.0./s1. The number of carbonyl (C=O) groups is 4. The van der Waals surface area contributed by atoms with Gasteiger partial charge in [-0.15, -0.1) is 0 Å². The number of esters is 4. The van der Waals surface area contributed by atoms with Crippen molar-refractivity contribution in [3.63, 3.8) is 0 Å². The molecule has 0 amide bonds. The molecule has 2 unspecified atom stereocenters. The number of hydrogen-bond acceptors (Lipinski definition) is 19. The summed E-state index contributed by atoms with van der Waals surface area (Å²) in [6, 6.07) is 15.6. The predicted octanol–water partition coefficient (Wildman–Crippen LogP) is 9.30. The van der Waals surface area contributed by atoms with E-state index in [0.29, 0.717) is 46.1 Å². The molecule has 2 aliphatic heterocycles. The molecule has 6 rings (SSSR count). The van der Waals surface area contributed by atoms with Gasteiger partial charge in [0.25, 0.3) is 0 Å². The van der Waals surface area contributed by atoms with Gasteiger partial charge in [-0.05, 0) is 104 Å². The first-order valence-corrected chi connectivity index (χ1v) is 28.0. The van der Waals surface area contributed by atoms with E-state index in [1.165, 1.54) is 14.2 Å². The van der Waals surface area contributed by atoms with Crippen molar-refractivity contribution in [1.82, 2.24) is 5.09 Å². The van der Waals surface area contributed by atoms with E-state index in [4.69, 9.17) is 47.9 Å². The normalized spacial score (nSPS) is 14.8. The van der Waals surface area contributed by atoms with Crippen LogP contribution in [0.25, 0.3) is 0 Å². The smallest absolute Gasteiger partial charge is 0.402 e. The number of benzene rings is 4. The summed E-state index contributed by atoms with van der Waals surface area (Å²) in [6.07, 6.45) is 3.39. The van der Waals surface area contributed by atoms with E-state index >= 15 is 0 Å². The molecule has 0 bridgehead atoms. The molecule has 78 heavy (non-hydrogen) atoms. The number of ether oxygens (including phenoxy) is 8. The number of rotatable bonds is 24. The molecular formula is C55H74N2O19P2. The van der Waals surface area contributed by atoms with Gasteiger partial charge in [-0.1, -0.05) is 67.1 Å². The van der Waals surface area contributed by atoms with Crippen LogP contribution in [0.1, 0.15) is 103 Å². The van der Waals surface area contributed by atoms with Crippen LogP contribution < -0.4 is 29.3 Å². The van der Waals surface area contributed by atoms with Crippen LogP contribution in [0.4, 0.5) is 0 Å². The third-order valence-corrected chi connectivity index (χ3v) is 14.3. The number of nitrogens with one attached hydrogen (secondary N) is 1. The van der Waals surface area contributed by atoms with Gasteiger partial charge in [0.15, 0.2) is 6.35 Å². The Bertz CT molecular complexity index is 2850. The summed E-state index contributed by atoms with van der Waals surface area (Å²) in [5.74, 6) is -0.685. The Morgan fingerprint density at radius 3 is 1.51 bits per heavy atom. The van der Waals surface area contributed by atoms with Crippen molar-refractivity contribution in [3.8, 4) is 34.5 Å². The van der Waals surface area contributed by atoms with Crippen molar-refractivity contribution >= 4 is 39.0 Å². The molecule has 0 saturated heterocycles. The van der Waals surface area contributed by atoms with Crippen LogP contribution >= 0.6 is 15.1 Å². The second kappa shape index (κ2) is 31.0. The monoisotopic (exact) mass is 1130 g/mol. The minimum Gasteiger partial charge on any atom is -0.507 e. The molecule has 4 atom stereocenters. The zero-order valence-electron chi connectivity index (χ0n) is 45.0. The highest BCUT2D eigenvalue weighted by atomic mass is 31.2. The van der Waals surface area contributed by atoms with Gasteiger partial charge in [-0.2, -0.15) is 0 Å². The van der Waals surface area contributed by atoms with Crippen LogP contribution in [0.2, 0.25) is 0 Å². The van der Waals surface area contributed by atoms with Gasteiger partial charge >= 0.3 is 39.0 Å². The fourth-order valence-corrected chi connectivity index (χ4v) is 10.2. The predicted molar refractivity (Wildman–Crippen MR) is 291 cm³/mol. The van der Waals surface area contributed by atoms with Crippen LogP contribution in [0.5, 0.6) is 34.5 Å². The Kier molecular flexibility index (Phi) is 26.1. The number of methoxy groups -OCH3 is 2. The highest BCUT2D eigenvalue weighted by molar-refractivity contribution is 7.57. The molecule has 0 radical (unpaired) electrons. The average molecular weight is 1130 g/mol. The van der Waals surface area contributed by atoms with Gasteiger partial charge in [-0.25, -0.2) is 19.2 Å². The first-order chi connectivity index (χ1) is 36.5. The Labute approximate surface area is 455 Å². The zero-order chi connectivity index (χ0) is 57.0. The van der Waals surface area contributed by atoms with Crippen molar-refractivity contribution in [2.24, 2.45) is 5.73 Å². The second-order valence-corrected chi connectivity index (χ2v) is 21.3. The maximum Gasteiger partial charge on any atom is 0.402 e. The van der Waals surface area contributed by atoms with Gasteiger partial charge in [0.2, 0.25) is 0 Å². The molecule has 0 spiro atoms. The first kappa shape index (κ1) is 65.6. The van der Waals surface area contributed by atoms with E-state index in [1.807, 2.05) is 26.8 Å². The molecule has 0 aliphatic carbocycles. The summed E-state index contributed by atoms with van der Waals surface area (Å²) < 4.78 is 78.3. The number of cyclic esters (lactones) is 2. The fourth-order valence-electron chi connectivity index (χ4n) is 7.68. The van der Waals surface area contributed by atoms with Crippen molar-refractivity contribution in [2.45, 2.75) is 101 Å². The molecule has 6 N–H and O–H groups in total. The van der Waals surface area contributed by atoms with Crippen LogP contribution in [0.15, 0.2) is 84.0 Å². The summed E-state index contributed by atoms with van der Waals surface area (Å²) >= 11 is 0. The van der Waals surface area contributed by atoms with E-state index in [2.05, 4.69) is 9.82 Å². The number of fused-ring (bicyclic) bond motifs is 2. The van der Waals surface area contributed by atoms with Crippen LogP contribution in [0, 0.1) is 13.8 Å². The maximum atomic E-state index is 13.6. The van der Waals surface area contributed by atoms with Crippen molar-refractivity contribution in [3.05, 3.63) is 128 Å². The summed E-state index contributed by atoms with van der Waals surface area (Å²) in [5, 5.41) is 24.1. The largest absolute Gasteiger partial charge is 0.507 e. The number of aromatic hydroxyl groups is 2. The van der Waals surface area contributed by atoms with Gasteiger partial charge in [-0.3, -0.25) is 14.2 Å². The fraction of sp³-hybridized carbons (Fsp3) is 0.418. The molecule has 23 heteroatoms. The highest BCUT2D eigenvalue weighted by Crippen LogP contribution is 2.46. The molecular weight excluding hydrogens is 1050 g/mol. The van der Waals surface area contributed by atoms with E-state index in [-0.39, 0.29) is 94.0 Å². The van der Waals surface area contributed by atoms with E-state index in [1.54, 1.807) is 101 Å². The number of nitrogens with two attached hydrogens (primary N) is 1. The number of para-hydroxylation sites is 2. The lowest BCUT2D eigenvalue weighted by Crippen LogP contribution is -2.35. The average Bonchev–Trinajstić information content (AvgIpc) is 3.99. The molecule has 428 valence electrons. The number of carbonyl (C=O) groups excluding carboxylic acids is 4. The molecule has 4 aromatic carbocycles. The quantitative estimate of drug-likeness (QED) is 0.0189. The molecule has 0 saturated carbocycles. The summed E-state index contributed by atoms with van der Waals surface area (Å²) in [6.45, 7) is 14.8. The lowest BCUT2D eigenvalue weighted by atomic mass is 9.95. The number of hydrogen-bond donors (Lipinski definition) is 5. The van der Waals surface area contributed by atoms with E-state index < -0.39 is 51.5 Å². The SMILES string of the molecule is C.CCOC(=O)[C@H](C)N.CCOC(=O)[C@H](C)NP(=O)(COC/C(C)=C/Cc1c(O)c2c(c(C)c1OC)COC2=O)Oc1ccccc1.COc1c(C)c2c(c(O)c1C/C=C(\C)COCP(=O)(O)Oc1ccccc1)C(=O)OC2. The molecule has 4 aromatic rings. The molecule has 21 nitrogen and oxygen atoms in total. The first-order valence-electron chi connectivity index (χ1n) is 24.4. The Morgan fingerprint density at radius 2 is 1.12 bits per heavy atom. The van der Waals surface area contributed by atoms with E-state index in [0.717, 1.165) is 22.3 Å².